The molecule has 2 heteroatoms. The molecule has 0 radical (unpaired) electrons. The van der Waals surface area contributed by atoms with Crippen molar-refractivity contribution in [1.82, 2.24) is 0 Å². The zero-order valence-corrected chi connectivity index (χ0v) is 10.3. The molecule has 0 aromatic heterocycles. The van der Waals surface area contributed by atoms with Gasteiger partial charge in [0.2, 0.25) is 0 Å². The summed E-state index contributed by atoms with van der Waals surface area (Å²) in [4.78, 5) is 0. The van der Waals surface area contributed by atoms with Crippen molar-refractivity contribution >= 4 is 0 Å². The van der Waals surface area contributed by atoms with Gasteiger partial charge in [0.25, 0.3) is 0 Å². The van der Waals surface area contributed by atoms with Crippen molar-refractivity contribution in [2.45, 2.75) is 38.7 Å². The predicted octanol–water partition coefficient (Wildman–Crippen LogP) is 2.53. The summed E-state index contributed by atoms with van der Waals surface area (Å²) >= 11 is 0. The fourth-order valence-corrected chi connectivity index (χ4v) is 1.96. The van der Waals surface area contributed by atoms with Crippen LogP contribution in [-0.2, 0) is 0 Å². The van der Waals surface area contributed by atoms with Crippen LogP contribution in [0.15, 0.2) is 30.3 Å². The van der Waals surface area contributed by atoms with E-state index in [2.05, 4.69) is 13.8 Å². The molecule has 0 saturated carbocycles. The van der Waals surface area contributed by atoms with Gasteiger partial charge >= 0.3 is 0 Å². The summed E-state index contributed by atoms with van der Waals surface area (Å²) in [6.07, 6.45) is 1.60. The van der Waals surface area contributed by atoms with E-state index >= 15 is 0 Å². The third-order valence-electron chi connectivity index (χ3n) is 3.29. The number of aliphatic hydroxyl groups excluding tert-OH is 1. The summed E-state index contributed by atoms with van der Waals surface area (Å²) in [5.41, 5.74) is 6.90. The zero-order chi connectivity index (χ0) is 12.0. The first-order valence-electron chi connectivity index (χ1n) is 6.12. The van der Waals surface area contributed by atoms with Crippen LogP contribution in [-0.4, -0.2) is 17.8 Å². The topological polar surface area (TPSA) is 46.2 Å². The molecule has 90 valence electrons. The van der Waals surface area contributed by atoms with Gasteiger partial charge in [-0.1, -0.05) is 50.6 Å². The van der Waals surface area contributed by atoms with Crippen LogP contribution >= 0.6 is 0 Å². The van der Waals surface area contributed by atoms with Crippen molar-refractivity contribution in [3.8, 4) is 0 Å². The van der Waals surface area contributed by atoms with Gasteiger partial charge in [0.15, 0.2) is 0 Å². The Morgan fingerprint density at radius 1 is 1.25 bits per heavy atom. The van der Waals surface area contributed by atoms with Crippen LogP contribution in [0.3, 0.4) is 0 Å². The molecule has 1 aromatic rings. The van der Waals surface area contributed by atoms with Crippen LogP contribution in [0.25, 0.3) is 0 Å². The maximum atomic E-state index is 10.2. The van der Waals surface area contributed by atoms with E-state index in [1.807, 2.05) is 30.3 Å². The van der Waals surface area contributed by atoms with Gasteiger partial charge in [0.05, 0.1) is 6.10 Å². The minimum absolute atomic E-state index is 0.0650. The highest BCUT2D eigenvalue weighted by atomic mass is 16.3. The van der Waals surface area contributed by atoms with Crippen LogP contribution in [0.1, 0.15) is 38.2 Å². The second-order valence-electron chi connectivity index (χ2n) is 4.57. The van der Waals surface area contributed by atoms with E-state index in [9.17, 15) is 5.11 Å². The molecule has 0 spiro atoms. The van der Waals surface area contributed by atoms with Gasteiger partial charge in [-0.15, -0.1) is 0 Å². The fourth-order valence-electron chi connectivity index (χ4n) is 1.96. The quantitative estimate of drug-likeness (QED) is 0.775. The standard InChI is InChI=1S/C14H23NO/c1-3-11(2)9-14(16)13(10-15)12-7-5-4-6-8-12/h4-8,11,13-14,16H,3,9-10,15H2,1-2H3. The molecule has 0 fully saturated rings. The Hall–Kier alpha value is -0.860. The Bertz CT molecular complexity index is 286. The minimum Gasteiger partial charge on any atom is -0.392 e. The Balaban J connectivity index is 2.67. The molecule has 0 heterocycles. The van der Waals surface area contributed by atoms with Crippen molar-refractivity contribution in [3.05, 3.63) is 35.9 Å². The summed E-state index contributed by atoms with van der Waals surface area (Å²) in [5, 5.41) is 10.2. The van der Waals surface area contributed by atoms with E-state index in [4.69, 9.17) is 5.73 Å². The Morgan fingerprint density at radius 3 is 2.38 bits per heavy atom. The zero-order valence-electron chi connectivity index (χ0n) is 10.3. The van der Waals surface area contributed by atoms with E-state index in [1.54, 1.807) is 0 Å². The highest BCUT2D eigenvalue weighted by Crippen LogP contribution is 2.23. The van der Waals surface area contributed by atoms with Gasteiger partial charge < -0.3 is 10.8 Å². The van der Waals surface area contributed by atoms with E-state index in [-0.39, 0.29) is 12.0 Å². The molecule has 2 nitrogen and oxygen atoms in total. The Morgan fingerprint density at radius 2 is 1.88 bits per heavy atom. The molecule has 0 aliphatic heterocycles. The molecule has 0 aliphatic rings. The van der Waals surface area contributed by atoms with Crippen molar-refractivity contribution in [2.75, 3.05) is 6.54 Å². The van der Waals surface area contributed by atoms with Crippen molar-refractivity contribution in [2.24, 2.45) is 11.7 Å². The van der Waals surface area contributed by atoms with E-state index in [1.165, 1.54) is 0 Å². The Labute approximate surface area is 98.5 Å². The number of benzene rings is 1. The molecule has 0 amide bonds. The van der Waals surface area contributed by atoms with Crippen LogP contribution in [0.4, 0.5) is 0 Å². The lowest BCUT2D eigenvalue weighted by Crippen LogP contribution is -2.27. The summed E-state index contributed by atoms with van der Waals surface area (Å²) < 4.78 is 0. The van der Waals surface area contributed by atoms with Gasteiger partial charge in [-0.05, 0) is 17.9 Å². The SMILES string of the molecule is CCC(C)CC(O)C(CN)c1ccccc1. The van der Waals surface area contributed by atoms with E-state index in [0.717, 1.165) is 18.4 Å². The fraction of sp³-hybridized carbons (Fsp3) is 0.571. The second kappa shape index (κ2) is 6.66. The first-order chi connectivity index (χ1) is 7.69. The van der Waals surface area contributed by atoms with E-state index in [0.29, 0.717) is 12.5 Å². The number of aliphatic hydroxyl groups is 1. The summed E-state index contributed by atoms with van der Waals surface area (Å²) in [6.45, 7) is 4.82. The first kappa shape index (κ1) is 13.2. The average Bonchev–Trinajstić information content (AvgIpc) is 2.31. The molecular weight excluding hydrogens is 198 g/mol. The smallest absolute Gasteiger partial charge is 0.0623 e. The van der Waals surface area contributed by atoms with Crippen molar-refractivity contribution < 1.29 is 5.11 Å². The molecule has 3 unspecified atom stereocenters. The van der Waals surface area contributed by atoms with Crippen LogP contribution in [0.2, 0.25) is 0 Å². The monoisotopic (exact) mass is 221 g/mol. The molecular formula is C14H23NO. The lowest BCUT2D eigenvalue weighted by Gasteiger charge is -2.24. The highest BCUT2D eigenvalue weighted by molar-refractivity contribution is 5.21. The molecule has 1 aromatic carbocycles. The molecule has 3 atom stereocenters. The van der Waals surface area contributed by atoms with Crippen molar-refractivity contribution in [1.29, 1.82) is 0 Å². The maximum Gasteiger partial charge on any atom is 0.0623 e. The van der Waals surface area contributed by atoms with Crippen LogP contribution in [0.5, 0.6) is 0 Å². The van der Waals surface area contributed by atoms with Crippen LogP contribution in [0, 0.1) is 5.92 Å². The molecule has 0 saturated heterocycles. The van der Waals surface area contributed by atoms with Gasteiger partial charge in [0, 0.05) is 12.5 Å². The normalized spacial score (nSPS) is 16.8. The number of hydrogen-bond acceptors (Lipinski definition) is 2. The summed E-state index contributed by atoms with van der Waals surface area (Å²) in [5.74, 6) is 0.614. The van der Waals surface area contributed by atoms with Gasteiger partial charge in [-0.3, -0.25) is 0 Å². The maximum absolute atomic E-state index is 10.2. The van der Waals surface area contributed by atoms with Gasteiger partial charge in [0.1, 0.15) is 0 Å². The van der Waals surface area contributed by atoms with E-state index < -0.39 is 0 Å². The summed E-state index contributed by atoms with van der Waals surface area (Å²) in [7, 11) is 0. The molecule has 16 heavy (non-hydrogen) atoms. The molecule has 1 rings (SSSR count). The largest absolute Gasteiger partial charge is 0.392 e. The van der Waals surface area contributed by atoms with Gasteiger partial charge in [-0.2, -0.15) is 0 Å². The number of rotatable bonds is 6. The van der Waals surface area contributed by atoms with Crippen LogP contribution < -0.4 is 5.73 Å². The third kappa shape index (κ3) is 3.62. The molecule has 0 bridgehead atoms. The van der Waals surface area contributed by atoms with Crippen molar-refractivity contribution in [3.63, 3.8) is 0 Å². The molecule has 3 N–H and O–H groups in total. The Kier molecular flexibility index (Phi) is 5.50. The second-order valence-corrected chi connectivity index (χ2v) is 4.57. The summed E-state index contributed by atoms with van der Waals surface area (Å²) in [6, 6.07) is 10.1. The lowest BCUT2D eigenvalue weighted by atomic mass is 9.87. The van der Waals surface area contributed by atoms with Gasteiger partial charge in [-0.25, -0.2) is 0 Å². The minimum atomic E-state index is -0.331. The number of nitrogens with two attached hydrogens (primary N) is 1. The molecule has 0 aliphatic carbocycles. The highest BCUT2D eigenvalue weighted by Gasteiger charge is 2.20. The first-order valence-corrected chi connectivity index (χ1v) is 6.12. The predicted molar refractivity (Wildman–Crippen MR) is 68.3 cm³/mol. The lowest BCUT2D eigenvalue weighted by molar-refractivity contribution is 0.118. The average molecular weight is 221 g/mol. The third-order valence-corrected chi connectivity index (χ3v) is 3.29. The number of hydrogen-bond donors (Lipinski definition) is 2.